The summed E-state index contributed by atoms with van der Waals surface area (Å²) in [6, 6.07) is 4.50. The Balaban J connectivity index is 1.98. The highest BCUT2D eigenvalue weighted by Crippen LogP contribution is 2.14. The summed E-state index contributed by atoms with van der Waals surface area (Å²) in [6.07, 6.45) is 0. The van der Waals surface area contributed by atoms with Gasteiger partial charge in [-0.3, -0.25) is 0 Å². The van der Waals surface area contributed by atoms with E-state index < -0.39 is 12.4 Å². The molecule has 0 N–H and O–H groups in total. The number of hydrogen-bond donors (Lipinski definition) is 0. The quantitative estimate of drug-likeness (QED) is 0.761. The Hall–Kier alpha value is -2.06. The first kappa shape index (κ1) is 12.4. The zero-order chi connectivity index (χ0) is 13.2. The molecular weight excluding hydrogens is 248 g/mol. The van der Waals surface area contributed by atoms with Crippen LogP contribution in [0.25, 0.3) is 0 Å². The summed E-state index contributed by atoms with van der Waals surface area (Å²) in [5.74, 6) is 0.688. The van der Waals surface area contributed by atoms with Gasteiger partial charge in [-0.1, -0.05) is 12.1 Å². The number of aryl methyl sites for hydroxylation is 1. The molecule has 9 heteroatoms. The molecule has 0 fully saturated rings. The van der Waals surface area contributed by atoms with Crippen LogP contribution in [0.3, 0.4) is 0 Å². The lowest BCUT2D eigenvalue weighted by molar-refractivity contribution is 0.295. The van der Waals surface area contributed by atoms with Crippen LogP contribution in [-0.4, -0.2) is 27.2 Å². The number of tetrazole rings is 1. The molecule has 5 nitrogen and oxygen atoms in total. The Morgan fingerprint density at radius 2 is 1.89 bits per heavy atom. The van der Waals surface area contributed by atoms with E-state index in [0.717, 1.165) is 12.1 Å². The smallest absolute Gasteiger partial charge is 0.485 e. The summed E-state index contributed by atoms with van der Waals surface area (Å²) < 4.78 is 42.3. The number of benzene rings is 1. The standard InChI is InChI=1S/C9H9BF3N4O/c1-17-15-9(14-16-17)6-18-8-4-2-7(3-5-8)10(11,12)13/h2-5H,6H2,1H3/q-1. The Morgan fingerprint density at radius 1 is 1.22 bits per heavy atom. The van der Waals surface area contributed by atoms with Crippen molar-refractivity contribution in [2.24, 2.45) is 7.05 Å². The third-order valence-electron chi connectivity index (χ3n) is 2.18. The fourth-order valence-electron chi connectivity index (χ4n) is 1.31. The SMILES string of the molecule is Cn1nnc(COc2ccc([B-](F)(F)F)cc2)n1. The molecular formula is C9H9BF3N4O-. The molecule has 0 aliphatic carbocycles. The predicted octanol–water partition coefficient (Wildman–Crippen LogP) is 0.843. The van der Waals surface area contributed by atoms with E-state index in [1.807, 2.05) is 0 Å². The Kier molecular flexibility index (Phi) is 3.22. The van der Waals surface area contributed by atoms with Crippen molar-refractivity contribution in [3.8, 4) is 5.75 Å². The number of rotatable bonds is 4. The lowest BCUT2D eigenvalue weighted by Gasteiger charge is -2.14. The first-order valence-electron chi connectivity index (χ1n) is 5.11. The highest BCUT2D eigenvalue weighted by Gasteiger charge is 2.24. The van der Waals surface area contributed by atoms with E-state index in [4.69, 9.17) is 4.74 Å². The van der Waals surface area contributed by atoms with Gasteiger partial charge in [0.05, 0.1) is 7.05 Å². The van der Waals surface area contributed by atoms with Crippen molar-refractivity contribution in [1.29, 1.82) is 0 Å². The molecule has 1 heterocycles. The fraction of sp³-hybridized carbons (Fsp3) is 0.222. The number of ether oxygens (including phenoxy) is 1. The monoisotopic (exact) mass is 257 g/mol. The van der Waals surface area contributed by atoms with Gasteiger partial charge in [-0.15, -0.1) is 15.7 Å². The van der Waals surface area contributed by atoms with Gasteiger partial charge in [0.15, 0.2) is 6.61 Å². The van der Waals surface area contributed by atoms with Crippen molar-refractivity contribution < 1.29 is 17.7 Å². The second kappa shape index (κ2) is 4.67. The highest BCUT2D eigenvalue weighted by atomic mass is 19.4. The summed E-state index contributed by atoms with van der Waals surface area (Å²) >= 11 is 0. The van der Waals surface area contributed by atoms with Crippen molar-refractivity contribution in [1.82, 2.24) is 20.2 Å². The van der Waals surface area contributed by atoms with Gasteiger partial charge in [-0.05, 0) is 17.3 Å². The van der Waals surface area contributed by atoms with Gasteiger partial charge in [0.1, 0.15) is 5.75 Å². The molecule has 96 valence electrons. The van der Waals surface area contributed by atoms with Gasteiger partial charge in [0.2, 0.25) is 5.82 Å². The molecule has 1 aromatic carbocycles. The third-order valence-corrected chi connectivity index (χ3v) is 2.18. The van der Waals surface area contributed by atoms with E-state index in [9.17, 15) is 12.9 Å². The molecule has 18 heavy (non-hydrogen) atoms. The van der Waals surface area contributed by atoms with Crippen molar-refractivity contribution in [3.05, 3.63) is 30.1 Å². The molecule has 0 unspecified atom stereocenters. The maximum absolute atomic E-state index is 12.4. The van der Waals surface area contributed by atoms with Crippen molar-refractivity contribution in [2.75, 3.05) is 0 Å². The molecule has 0 saturated heterocycles. The molecule has 0 bridgehead atoms. The van der Waals surface area contributed by atoms with Crippen LogP contribution in [0.4, 0.5) is 12.9 Å². The molecule has 0 aliphatic heterocycles. The normalized spacial score (nSPS) is 11.6. The minimum absolute atomic E-state index is 0.0599. The summed E-state index contributed by atoms with van der Waals surface area (Å²) in [5.41, 5.74) is -0.653. The van der Waals surface area contributed by atoms with Crippen LogP contribution in [0.2, 0.25) is 0 Å². The van der Waals surface area contributed by atoms with Crippen molar-refractivity contribution >= 4 is 12.4 Å². The summed E-state index contributed by atoms with van der Waals surface area (Å²) in [4.78, 5) is 1.27. The molecule has 2 aromatic rings. The number of halogens is 3. The topological polar surface area (TPSA) is 52.8 Å². The van der Waals surface area contributed by atoms with Crippen LogP contribution in [0.5, 0.6) is 5.75 Å². The van der Waals surface area contributed by atoms with Crippen LogP contribution in [0, 0.1) is 0 Å². The van der Waals surface area contributed by atoms with Gasteiger partial charge in [-0.25, -0.2) is 0 Å². The van der Waals surface area contributed by atoms with Crippen LogP contribution >= 0.6 is 0 Å². The van der Waals surface area contributed by atoms with Crippen molar-refractivity contribution in [2.45, 2.75) is 6.61 Å². The average molecular weight is 257 g/mol. The summed E-state index contributed by atoms with van der Waals surface area (Å²) in [7, 11) is 1.61. The zero-order valence-corrected chi connectivity index (χ0v) is 9.42. The van der Waals surface area contributed by atoms with Crippen LogP contribution in [0.15, 0.2) is 24.3 Å². The summed E-state index contributed by atoms with van der Waals surface area (Å²) in [6.45, 7) is -4.91. The lowest BCUT2D eigenvalue weighted by Crippen LogP contribution is -2.33. The number of aromatic nitrogens is 4. The van der Waals surface area contributed by atoms with Gasteiger partial charge in [-0.2, -0.15) is 4.80 Å². The van der Waals surface area contributed by atoms with Crippen molar-refractivity contribution in [3.63, 3.8) is 0 Å². The third kappa shape index (κ3) is 2.99. The fourth-order valence-corrected chi connectivity index (χ4v) is 1.31. The molecule has 0 atom stereocenters. The average Bonchev–Trinajstić information content (AvgIpc) is 2.72. The van der Waals surface area contributed by atoms with E-state index in [1.165, 1.54) is 16.9 Å². The van der Waals surface area contributed by atoms with Gasteiger partial charge >= 0.3 is 6.98 Å². The van der Waals surface area contributed by atoms with Crippen LogP contribution in [0.1, 0.15) is 5.82 Å². The van der Waals surface area contributed by atoms with Crippen LogP contribution < -0.4 is 10.2 Å². The molecule has 0 radical (unpaired) electrons. The largest absolute Gasteiger partial charge is 0.509 e. The van der Waals surface area contributed by atoms with E-state index in [2.05, 4.69) is 15.4 Å². The maximum atomic E-state index is 12.4. The molecule has 0 saturated carbocycles. The second-order valence-corrected chi connectivity index (χ2v) is 3.63. The second-order valence-electron chi connectivity index (χ2n) is 3.63. The minimum Gasteiger partial charge on any atom is -0.485 e. The molecule has 0 amide bonds. The van der Waals surface area contributed by atoms with E-state index >= 15 is 0 Å². The molecule has 2 rings (SSSR count). The molecule has 1 aromatic heterocycles. The Morgan fingerprint density at radius 3 is 2.39 bits per heavy atom. The molecule has 0 spiro atoms. The maximum Gasteiger partial charge on any atom is 0.509 e. The van der Waals surface area contributed by atoms with E-state index in [-0.39, 0.29) is 6.61 Å². The van der Waals surface area contributed by atoms with Gasteiger partial charge in [0, 0.05) is 0 Å². The number of nitrogens with zero attached hydrogens (tertiary/aromatic N) is 4. The number of hydrogen-bond acceptors (Lipinski definition) is 4. The van der Waals surface area contributed by atoms with E-state index in [0.29, 0.717) is 11.6 Å². The summed E-state index contributed by atoms with van der Waals surface area (Å²) in [5, 5.41) is 11.2. The van der Waals surface area contributed by atoms with Gasteiger partial charge in [0.25, 0.3) is 0 Å². The minimum atomic E-state index is -4.97. The Labute approximate surface area is 101 Å². The zero-order valence-electron chi connectivity index (χ0n) is 9.42. The Bertz CT molecular complexity index is 525. The predicted molar refractivity (Wildman–Crippen MR) is 58.3 cm³/mol. The first-order valence-corrected chi connectivity index (χ1v) is 5.11. The van der Waals surface area contributed by atoms with Gasteiger partial charge < -0.3 is 17.7 Å². The first-order chi connectivity index (χ1) is 8.45. The lowest BCUT2D eigenvalue weighted by atomic mass is 9.80. The highest BCUT2D eigenvalue weighted by molar-refractivity contribution is 6.73. The molecule has 0 aliphatic rings. The van der Waals surface area contributed by atoms with Crippen LogP contribution in [-0.2, 0) is 13.7 Å². The van der Waals surface area contributed by atoms with E-state index in [1.54, 1.807) is 7.05 Å².